The molecular formula is C15H15FN2O2. The van der Waals surface area contributed by atoms with Gasteiger partial charge in [0.1, 0.15) is 6.61 Å². The molecule has 2 aromatic carbocycles. The smallest absolute Gasteiger partial charge is 0.170 e. The molecule has 104 valence electrons. The first-order chi connectivity index (χ1) is 9.60. The van der Waals surface area contributed by atoms with Gasteiger partial charge in [0.05, 0.1) is 0 Å². The molecule has 0 aliphatic carbocycles. The molecule has 3 N–H and O–H groups in total. The van der Waals surface area contributed by atoms with Crippen LogP contribution in [0.5, 0.6) is 5.75 Å². The fraction of sp³-hybridized carbons (Fsp3) is 0.133. The Morgan fingerprint density at radius 3 is 2.75 bits per heavy atom. The Labute approximate surface area is 116 Å². The van der Waals surface area contributed by atoms with Crippen molar-refractivity contribution in [3.05, 3.63) is 65.0 Å². The highest BCUT2D eigenvalue weighted by molar-refractivity contribution is 5.97. The first-order valence-electron chi connectivity index (χ1n) is 6.06. The molecule has 0 saturated carbocycles. The summed E-state index contributed by atoms with van der Waals surface area (Å²) < 4.78 is 19.2. The molecule has 5 heteroatoms. The molecule has 2 rings (SSSR count). The van der Waals surface area contributed by atoms with Gasteiger partial charge in [0.15, 0.2) is 17.4 Å². The van der Waals surface area contributed by atoms with E-state index in [-0.39, 0.29) is 18.2 Å². The number of oxime groups is 1. The van der Waals surface area contributed by atoms with Crippen molar-refractivity contribution >= 4 is 5.84 Å². The fourth-order valence-corrected chi connectivity index (χ4v) is 1.80. The molecule has 0 atom stereocenters. The standard InChI is InChI=1S/C15H15FN2O2/c1-10-3-2-4-11(7-10)9-20-14-6-5-12(8-13(14)16)15(17)18-19/h2-8,19H,9H2,1H3,(H2,17,18). The summed E-state index contributed by atoms with van der Waals surface area (Å²) in [6, 6.07) is 11.9. The van der Waals surface area contributed by atoms with Crippen LogP contribution in [0.15, 0.2) is 47.6 Å². The van der Waals surface area contributed by atoms with Crippen LogP contribution >= 0.6 is 0 Å². The number of halogens is 1. The predicted octanol–water partition coefficient (Wildman–Crippen LogP) is 2.81. The fourth-order valence-electron chi connectivity index (χ4n) is 1.80. The summed E-state index contributed by atoms with van der Waals surface area (Å²) >= 11 is 0. The molecule has 0 heterocycles. The van der Waals surface area contributed by atoms with Crippen molar-refractivity contribution < 1.29 is 14.3 Å². The molecule has 0 radical (unpaired) electrons. The van der Waals surface area contributed by atoms with E-state index in [1.54, 1.807) is 0 Å². The zero-order valence-electron chi connectivity index (χ0n) is 11.0. The van der Waals surface area contributed by atoms with Crippen molar-refractivity contribution in [3.8, 4) is 5.75 Å². The van der Waals surface area contributed by atoms with Gasteiger partial charge in [0, 0.05) is 5.56 Å². The van der Waals surface area contributed by atoms with E-state index in [2.05, 4.69) is 5.16 Å². The van der Waals surface area contributed by atoms with Crippen LogP contribution in [0, 0.1) is 12.7 Å². The van der Waals surface area contributed by atoms with E-state index in [0.717, 1.165) is 11.1 Å². The summed E-state index contributed by atoms with van der Waals surface area (Å²) in [4.78, 5) is 0. The third-order valence-corrected chi connectivity index (χ3v) is 2.81. The lowest BCUT2D eigenvalue weighted by Crippen LogP contribution is -2.13. The number of aryl methyl sites for hydroxylation is 1. The van der Waals surface area contributed by atoms with Gasteiger partial charge in [-0.1, -0.05) is 35.0 Å². The highest BCUT2D eigenvalue weighted by atomic mass is 19.1. The highest BCUT2D eigenvalue weighted by Crippen LogP contribution is 2.20. The second-order valence-corrected chi connectivity index (χ2v) is 4.41. The van der Waals surface area contributed by atoms with E-state index in [9.17, 15) is 4.39 Å². The van der Waals surface area contributed by atoms with E-state index < -0.39 is 5.82 Å². The Hall–Kier alpha value is -2.56. The van der Waals surface area contributed by atoms with Crippen LogP contribution in [-0.4, -0.2) is 11.0 Å². The molecule has 0 unspecified atom stereocenters. The molecule has 0 spiro atoms. The molecule has 2 aromatic rings. The van der Waals surface area contributed by atoms with E-state index in [1.807, 2.05) is 31.2 Å². The van der Waals surface area contributed by atoms with Gasteiger partial charge in [-0.15, -0.1) is 0 Å². The Balaban J connectivity index is 2.11. The Morgan fingerprint density at radius 1 is 1.30 bits per heavy atom. The third-order valence-electron chi connectivity index (χ3n) is 2.81. The summed E-state index contributed by atoms with van der Waals surface area (Å²) in [5.41, 5.74) is 7.77. The number of hydrogen-bond donors (Lipinski definition) is 2. The Bertz CT molecular complexity index is 642. The van der Waals surface area contributed by atoms with Gasteiger partial charge in [-0.3, -0.25) is 0 Å². The molecule has 0 aliphatic rings. The third kappa shape index (κ3) is 3.26. The van der Waals surface area contributed by atoms with Crippen LogP contribution < -0.4 is 10.5 Å². The average Bonchev–Trinajstić information content (AvgIpc) is 2.45. The molecule has 4 nitrogen and oxygen atoms in total. The normalized spacial score (nSPS) is 11.4. The lowest BCUT2D eigenvalue weighted by molar-refractivity contribution is 0.290. The molecular weight excluding hydrogens is 259 g/mol. The molecule has 0 fully saturated rings. The predicted molar refractivity (Wildman–Crippen MR) is 74.4 cm³/mol. The van der Waals surface area contributed by atoms with Crippen LogP contribution in [0.1, 0.15) is 16.7 Å². The van der Waals surface area contributed by atoms with Gasteiger partial charge >= 0.3 is 0 Å². The quantitative estimate of drug-likeness (QED) is 0.390. The number of benzene rings is 2. The molecule has 0 bridgehead atoms. The molecule has 0 aromatic heterocycles. The number of rotatable bonds is 4. The molecule has 0 amide bonds. The summed E-state index contributed by atoms with van der Waals surface area (Å²) in [6.45, 7) is 2.26. The van der Waals surface area contributed by atoms with Gasteiger partial charge in [0.2, 0.25) is 0 Å². The number of hydrogen-bond acceptors (Lipinski definition) is 3. The van der Waals surface area contributed by atoms with Crippen LogP contribution in [0.4, 0.5) is 4.39 Å². The van der Waals surface area contributed by atoms with E-state index in [4.69, 9.17) is 15.7 Å². The molecule has 0 aliphatic heterocycles. The Morgan fingerprint density at radius 2 is 2.10 bits per heavy atom. The van der Waals surface area contributed by atoms with E-state index in [1.165, 1.54) is 18.2 Å². The summed E-state index contributed by atoms with van der Waals surface area (Å²) in [5, 5.41) is 11.4. The summed E-state index contributed by atoms with van der Waals surface area (Å²) in [6.07, 6.45) is 0. The largest absolute Gasteiger partial charge is 0.486 e. The van der Waals surface area contributed by atoms with Crippen molar-refractivity contribution in [1.29, 1.82) is 0 Å². The molecule has 0 saturated heterocycles. The van der Waals surface area contributed by atoms with Crippen LogP contribution in [0.3, 0.4) is 0 Å². The van der Waals surface area contributed by atoms with Crippen LogP contribution in [0.2, 0.25) is 0 Å². The zero-order valence-corrected chi connectivity index (χ0v) is 11.0. The Kier molecular flexibility index (Phi) is 4.20. The monoisotopic (exact) mass is 274 g/mol. The first-order valence-corrected chi connectivity index (χ1v) is 6.06. The van der Waals surface area contributed by atoms with Gasteiger partial charge < -0.3 is 15.7 Å². The lowest BCUT2D eigenvalue weighted by atomic mass is 10.1. The van der Waals surface area contributed by atoms with Crippen molar-refractivity contribution in [1.82, 2.24) is 0 Å². The first kappa shape index (κ1) is 13.9. The van der Waals surface area contributed by atoms with Crippen LogP contribution in [0.25, 0.3) is 0 Å². The highest BCUT2D eigenvalue weighted by Gasteiger charge is 2.07. The number of nitrogens with two attached hydrogens (primary N) is 1. The number of ether oxygens (including phenoxy) is 1. The summed E-state index contributed by atoms with van der Waals surface area (Å²) in [7, 11) is 0. The maximum absolute atomic E-state index is 13.8. The van der Waals surface area contributed by atoms with Crippen molar-refractivity contribution in [3.63, 3.8) is 0 Å². The number of nitrogens with zero attached hydrogens (tertiary/aromatic N) is 1. The van der Waals surface area contributed by atoms with E-state index in [0.29, 0.717) is 5.56 Å². The second kappa shape index (κ2) is 6.06. The van der Waals surface area contributed by atoms with Gasteiger partial charge in [-0.05, 0) is 30.7 Å². The second-order valence-electron chi connectivity index (χ2n) is 4.41. The molecule has 20 heavy (non-hydrogen) atoms. The van der Waals surface area contributed by atoms with Gasteiger partial charge in [0.25, 0.3) is 0 Å². The van der Waals surface area contributed by atoms with Gasteiger partial charge in [-0.2, -0.15) is 0 Å². The van der Waals surface area contributed by atoms with Crippen molar-refractivity contribution in [2.45, 2.75) is 13.5 Å². The van der Waals surface area contributed by atoms with Crippen molar-refractivity contribution in [2.75, 3.05) is 0 Å². The SMILES string of the molecule is Cc1cccc(COc2ccc(/C(N)=N/O)cc2F)c1. The lowest BCUT2D eigenvalue weighted by Gasteiger charge is -2.09. The summed E-state index contributed by atoms with van der Waals surface area (Å²) in [5.74, 6) is -0.572. The minimum absolute atomic E-state index is 0.126. The van der Waals surface area contributed by atoms with Gasteiger partial charge in [-0.25, -0.2) is 4.39 Å². The zero-order chi connectivity index (χ0) is 14.5. The minimum atomic E-state index is -0.554. The minimum Gasteiger partial charge on any atom is -0.486 e. The van der Waals surface area contributed by atoms with E-state index >= 15 is 0 Å². The van der Waals surface area contributed by atoms with Crippen molar-refractivity contribution in [2.24, 2.45) is 10.9 Å². The number of amidine groups is 1. The maximum atomic E-state index is 13.8. The van der Waals surface area contributed by atoms with Crippen LogP contribution in [-0.2, 0) is 6.61 Å². The maximum Gasteiger partial charge on any atom is 0.170 e. The average molecular weight is 274 g/mol. The topological polar surface area (TPSA) is 67.8 Å².